The Labute approximate surface area is 223 Å². The number of halogens is 3. The molecule has 206 valence electrons. The number of pyridine rings is 1. The van der Waals surface area contributed by atoms with Crippen molar-refractivity contribution in [3.05, 3.63) is 83.7 Å². The number of oxime groups is 1. The van der Waals surface area contributed by atoms with Crippen LogP contribution in [0.2, 0.25) is 0 Å². The molecule has 0 saturated heterocycles. The van der Waals surface area contributed by atoms with Crippen molar-refractivity contribution in [2.45, 2.75) is 38.1 Å². The van der Waals surface area contributed by atoms with Gasteiger partial charge >= 0.3 is 12.1 Å². The Kier molecular flexibility index (Phi) is 9.03. The summed E-state index contributed by atoms with van der Waals surface area (Å²) in [5.41, 5.74) is 4.19. The van der Waals surface area contributed by atoms with Crippen molar-refractivity contribution in [3.8, 4) is 5.75 Å². The fourth-order valence-corrected chi connectivity index (χ4v) is 4.14. The number of carboxylic acid groups (broad SMARTS) is 1. The number of carbonyl (C=O) groups is 1. The lowest BCUT2D eigenvalue weighted by Crippen LogP contribution is -2.31. The van der Waals surface area contributed by atoms with Crippen molar-refractivity contribution in [1.29, 1.82) is 0 Å². The fourth-order valence-electron chi connectivity index (χ4n) is 4.14. The quantitative estimate of drug-likeness (QED) is 0.319. The summed E-state index contributed by atoms with van der Waals surface area (Å²) < 4.78 is 49.5. The maximum atomic E-state index is 12.4. The molecule has 2 aromatic heterocycles. The first-order chi connectivity index (χ1) is 18.7. The zero-order chi connectivity index (χ0) is 27.8. The van der Waals surface area contributed by atoms with E-state index in [4.69, 9.17) is 19.7 Å². The third kappa shape index (κ3) is 7.93. The Morgan fingerprint density at radius 2 is 1.97 bits per heavy atom. The molecule has 1 N–H and O–H groups in total. The van der Waals surface area contributed by atoms with Crippen LogP contribution in [0.5, 0.6) is 5.75 Å². The average Bonchev–Trinajstić information content (AvgIpc) is 3.30. The zero-order valence-electron chi connectivity index (χ0n) is 21.2. The molecule has 1 atom stereocenters. The molecule has 2 heterocycles. The largest absolute Gasteiger partial charge is 0.492 e. The van der Waals surface area contributed by atoms with Gasteiger partial charge in [-0.3, -0.25) is 0 Å². The van der Waals surface area contributed by atoms with Crippen LogP contribution in [-0.2, 0) is 33.8 Å². The number of rotatable bonds is 12. The molecule has 0 spiro atoms. The molecule has 4 rings (SSSR count). The molecule has 0 fully saturated rings. The van der Waals surface area contributed by atoms with Gasteiger partial charge in [-0.25, -0.2) is 9.78 Å². The number of hydrogen-bond acceptors (Lipinski definition) is 6. The molecule has 0 aliphatic heterocycles. The van der Waals surface area contributed by atoms with Crippen molar-refractivity contribution < 1.29 is 37.4 Å². The van der Waals surface area contributed by atoms with Gasteiger partial charge in [-0.05, 0) is 41.5 Å². The van der Waals surface area contributed by atoms with Gasteiger partial charge in [-0.15, -0.1) is 0 Å². The molecule has 8 nitrogen and oxygen atoms in total. The Morgan fingerprint density at radius 1 is 1.18 bits per heavy atom. The van der Waals surface area contributed by atoms with Gasteiger partial charge in [0.25, 0.3) is 0 Å². The van der Waals surface area contributed by atoms with Crippen molar-refractivity contribution in [2.75, 3.05) is 20.3 Å². The summed E-state index contributed by atoms with van der Waals surface area (Å²) in [6.45, 7) is -0.730. The lowest BCUT2D eigenvalue weighted by molar-refractivity contribution is -0.192. The van der Waals surface area contributed by atoms with Gasteiger partial charge in [0, 0.05) is 36.5 Å². The molecule has 0 amide bonds. The third-order valence-electron chi connectivity index (χ3n) is 6.03. The second-order valence-corrected chi connectivity index (χ2v) is 8.90. The maximum absolute atomic E-state index is 12.4. The van der Waals surface area contributed by atoms with Gasteiger partial charge in [0.05, 0.1) is 12.3 Å². The number of hydrogen-bond donors (Lipinski definition) is 1. The summed E-state index contributed by atoms with van der Waals surface area (Å²) >= 11 is 0. The van der Waals surface area contributed by atoms with Crippen LogP contribution in [0.3, 0.4) is 0 Å². The summed E-state index contributed by atoms with van der Waals surface area (Å²) in [6.07, 6.45) is 2.94. The molecular formula is C28H28F3N3O5. The summed E-state index contributed by atoms with van der Waals surface area (Å²) in [5, 5.41) is 14.3. The zero-order valence-corrected chi connectivity index (χ0v) is 21.2. The maximum Gasteiger partial charge on any atom is 0.411 e. The number of nitrogens with zero attached hydrogens (tertiary/aromatic N) is 3. The van der Waals surface area contributed by atoms with E-state index in [2.05, 4.69) is 9.89 Å². The molecule has 0 saturated carbocycles. The van der Waals surface area contributed by atoms with Gasteiger partial charge in [0.2, 0.25) is 0 Å². The molecule has 39 heavy (non-hydrogen) atoms. The first kappa shape index (κ1) is 27.9. The number of fused-ring (bicyclic) bond motifs is 1. The van der Waals surface area contributed by atoms with Crippen molar-refractivity contribution in [2.24, 2.45) is 5.16 Å². The summed E-state index contributed by atoms with van der Waals surface area (Å²) in [4.78, 5) is 21.1. The van der Waals surface area contributed by atoms with E-state index in [1.54, 1.807) is 24.3 Å². The Hall–Kier alpha value is -4.12. The number of aliphatic carboxylic acids is 1. The molecule has 3 aromatic rings. The van der Waals surface area contributed by atoms with Gasteiger partial charge < -0.3 is 24.0 Å². The molecule has 1 aromatic carbocycles. The van der Waals surface area contributed by atoms with Crippen molar-refractivity contribution in [3.63, 3.8) is 0 Å². The molecular weight excluding hydrogens is 515 g/mol. The fraction of sp³-hybridized carbons (Fsp3) is 0.321. The number of ether oxygens (including phenoxy) is 2. The first-order valence-electron chi connectivity index (χ1n) is 12.3. The minimum atomic E-state index is -4.60. The lowest BCUT2D eigenvalue weighted by Gasteiger charge is -2.15. The van der Waals surface area contributed by atoms with Crippen molar-refractivity contribution >= 4 is 22.7 Å². The normalized spacial score (nSPS) is 15.4. The van der Waals surface area contributed by atoms with E-state index in [-0.39, 0.29) is 6.42 Å². The predicted octanol–water partition coefficient (Wildman–Crippen LogP) is 5.12. The summed E-state index contributed by atoms with van der Waals surface area (Å²) in [5.74, 6) is -0.902. The van der Waals surface area contributed by atoms with Crippen LogP contribution in [0.25, 0.3) is 11.0 Å². The van der Waals surface area contributed by atoms with Gasteiger partial charge in [0.1, 0.15) is 31.7 Å². The topological polar surface area (TPSA) is 95.2 Å². The van der Waals surface area contributed by atoms with E-state index in [0.717, 1.165) is 28.0 Å². The minimum absolute atomic E-state index is 0.193. The number of benzene rings is 1. The smallest absolute Gasteiger partial charge is 0.411 e. The molecule has 0 unspecified atom stereocenters. The number of allylic oxidation sites excluding steroid dienone is 4. The summed E-state index contributed by atoms with van der Waals surface area (Å²) in [7, 11) is 1.53. The standard InChI is InChI=1S/C28H28F3N3O5/c1-37-33-24-5-3-2-4-21(24)17-22-9-8-20-12-13-34(26(20)32-22)14-15-38-23-10-6-19(7-11-23)16-25(27(35)36)39-18-28(29,30)31/h2-4,6-13,25H,5,14-18H2,1H3,(H,35,36)/t25-/m0/s1. The van der Waals surface area contributed by atoms with Crippen LogP contribution >= 0.6 is 0 Å². The van der Waals surface area contributed by atoms with E-state index < -0.39 is 24.9 Å². The molecule has 1 aliphatic rings. The van der Waals surface area contributed by atoms with Crippen LogP contribution < -0.4 is 4.74 Å². The predicted molar refractivity (Wildman–Crippen MR) is 139 cm³/mol. The highest BCUT2D eigenvalue weighted by Gasteiger charge is 2.31. The van der Waals surface area contributed by atoms with Crippen LogP contribution in [0.1, 0.15) is 17.7 Å². The number of alkyl halides is 3. The van der Waals surface area contributed by atoms with Gasteiger partial charge in [0.15, 0.2) is 6.10 Å². The van der Waals surface area contributed by atoms with Crippen molar-refractivity contribution in [1.82, 2.24) is 9.55 Å². The Balaban J connectivity index is 1.34. The highest BCUT2D eigenvalue weighted by molar-refractivity contribution is 6.02. The molecule has 11 heteroatoms. The molecule has 1 aliphatic carbocycles. The lowest BCUT2D eigenvalue weighted by atomic mass is 9.98. The van der Waals surface area contributed by atoms with E-state index in [1.165, 1.54) is 7.11 Å². The minimum Gasteiger partial charge on any atom is -0.492 e. The third-order valence-corrected chi connectivity index (χ3v) is 6.03. The monoisotopic (exact) mass is 543 g/mol. The number of carboxylic acids is 1. The van der Waals surface area contributed by atoms with E-state index in [9.17, 15) is 18.0 Å². The second-order valence-electron chi connectivity index (χ2n) is 8.90. The van der Waals surface area contributed by atoms with E-state index >= 15 is 0 Å². The van der Waals surface area contributed by atoms with Crippen LogP contribution in [0.15, 0.2) is 77.6 Å². The first-order valence-corrected chi connectivity index (χ1v) is 12.3. The Bertz CT molecular complexity index is 1380. The van der Waals surface area contributed by atoms with Crippen LogP contribution in [-0.4, -0.2) is 58.9 Å². The highest BCUT2D eigenvalue weighted by atomic mass is 19.4. The van der Waals surface area contributed by atoms with Crippen LogP contribution in [0, 0.1) is 0 Å². The molecule has 0 bridgehead atoms. The second kappa shape index (κ2) is 12.6. The SMILES string of the molecule is CON=C1CC=CC=C1Cc1ccc2ccn(CCOc3ccc(C[C@H](OCC(F)(F)F)C(=O)O)cc3)c2n1. The summed E-state index contributed by atoms with van der Waals surface area (Å²) in [6, 6.07) is 12.5. The van der Waals surface area contributed by atoms with E-state index in [0.29, 0.717) is 37.3 Å². The average molecular weight is 544 g/mol. The molecule has 0 radical (unpaired) electrons. The Morgan fingerprint density at radius 3 is 2.69 bits per heavy atom. The van der Waals surface area contributed by atoms with Crippen LogP contribution in [0.4, 0.5) is 13.2 Å². The highest BCUT2D eigenvalue weighted by Crippen LogP contribution is 2.21. The van der Waals surface area contributed by atoms with E-state index in [1.807, 2.05) is 47.2 Å². The number of aromatic nitrogens is 2. The van der Waals surface area contributed by atoms with Gasteiger partial charge in [-0.1, -0.05) is 35.5 Å². The van der Waals surface area contributed by atoms with Gasteiger partial charge in [-0.2, -0.15) is 13.2 Å².